The van der Waals surface area contributed by atoms with Crippen LogP contribution in [0, 0.1) is 22.0 Å². The lowest BCUT2D eigenvalue weighted by atomic mass is 9.78. The number of fused-ring (bicyclic) bond motifs is 1. The van der Waals surface area contributed by atoms with E-state index in [1.54, 1.807) is 11.9 Å². The van der Waals surface area contributed by atoms with Gasteiger partial charge in [0.15, 0.2) is 5.69 Å². The van der Waals surface area contributed by atoms with Crippen molar-refractivity contribution in [1.82, 2.24) is 9.47 Å². The van der Waals surface area contributed by atoms with Gasteiger partial charge in [-0.1, -0.05) is 6.42 Å². The Balaban J connectivity index is 0.00000176. The number of carbonyl (C=O) groups is 1. The number of nitro groups is 1. The fourth-order valence-electron chi connectivity index (χ4n) is 3.74. The molecule has 0 aromatic carbocycles. The Bertz CT molecular complexity index is 589. The van der Waals surface area contributed by atoms with Crippen molar-refractivity contribution in [2.75, 3.05) is 13.1 Å². The number of halogens is 1. The van der Waals surface area contributed by atoms with E-state index in [0.717, 1.165) is 25.8 Å². The van der Waals surface area contributed by atoms with Crippen LogP contribution in [0.2, 0.25) is 0 Å². The molecule has 1 saturated carbocycles. The van der Waals surface area contributed by atoms with Crippen LogP contribution in [-0.4, -0.2) is 39.4 Å². The minimum atomic E-state index is -0.476. The largest absolute Gasteiger partial charge is 0.358 e. The van der Waals surface area contributed by atoms with Crippen molar-refractivity contribution in [2.24, 2.45) is 24.6 Å². The van der Waals surface area contributed by atoms with E-state index in [2.05, 4.69) is 0 Å². The summed E-state index contributed by atoms with van der Waals surface area (Å²) in [6.07, 6.45) is 3.27. The van der Waals surface area contributed by atoms with Gasteiger partial charge in [-0.2, -0.15) is 0 Å². The number of hydrogen-bond donors (Lipinski definition) is 1. The maximum atomic E-state index is 12.6. The average molecular weight is 329 g/mol. The van der Waals surface area contributed by atoms with Crippen LogP contribution in [0.25, 0.3) is 0 Å². The van der Waals surface area contributed by atoms with Crippen molar-refractivity contribution in [3.63, 3.8) is 0 Å². The normalized spacial score (nSPS) is 27.2. The van der Waals surface area contributed by atoms with Crippen molar-refractivity contribution in [3.8, 4) is 0 Å². The molecule has 1 aromatic heterocycles. The molecule has 1 aliphatic carbocycles. The first-order valence-electron chi connectivity index (χ1n) is 7.34. The Kier molecular flexibility index (Phi) is 4.77. The first kappa shape index (κ1) is 16.8. The molecule has 22 heavy (non-hydrogen) atoms. The predicted octanol–water partition coefficient (Wildman–Crippen LogP) is 1.55. The zero-order valence-corrected chi connectivity index (χ0v) is 13.3. The first-order chi connectivity index (χ1) is 9.99. The molecule has 0 bridgehead atoms. The summed E-state index contributed by atoms with van der Waals surface area (Å²) < 4.78 is 1.35. The molecule has 2 heterocycles. The van der Waals surface area contributed by atoms with Crippen LogP contribution in [0.1, 0.15) is 29.8 Å². The number of likely N-dealkylation sites (tertiary alicyclic amines) is 1. The van der Waals surface area contributed by atoms with E-state index in [4.69, 9.17) is 5.73 Å². The number of amides is 1. The number of rotatable bonds is 2. The van der Waals surface area contributed by atoms with Crippen molar-refractivity contribution in [2.45, 2.75) is 25.3 Å². The summed E-state index contributed by atoms with van der Waals surface area (Å²) in [6, 6.07) is 3.08. The van der Waals surface area contributed by atoms with Crippen LogP contribution in [-0.2, 0) is 7.05 Å². The quantitative estimate of drug-likeness (QED) is 0.658. The molecule has 8 heteroatoms. The summed E-state index contributed by atoms with van der Waals surface area (Å²) in [7, 11) is 1.56. The smallest absolute Gasteiger partial charge is 0.323 e. The zero-order valence-electron chi connectivity index (χ0n) is 12.5. The molecular formula is C14H21ClN4O3. The Labute approximate surface area is 135 Å². The maximum Gasteiger partial charge on any atom is 0.323 e. The second kappa shape index (κ2) is 6.26. The van der Waals surface area contributed by atoms with Crippen LogP contribution in [0.15, 0.2) is 12.1 Å². The molecule has 1 aliphatic heterocycles. The van der Waals surface area contributed by atoms with Crippen LogP contribution < -0.4 is 5.73 Å². The van der Waals surface area contributed by atoms with Gasteiger partial charge in [0.2, 0.25) is 0 Å². The van der Waals surface area contributed by atoms with Gasteiger partial charge < -0.3 is 20.7 Å². The molecule has 0 spiro atoms. The molecule has 1 amide bonds. The molecule has 2 fully saturated rings. The van der Waals surface area contributed by atoms with E-state index in [-0.39, 0.29) is 30.2 Å². The van der Waals surface area contributed by atoms with Crippen LogP contribution in [0.3, 0.4) is 0 Å². The summed E-state index contributed by atoms with van der Waals surface area (Å²) >= 11 is 0. The molecule has 122 valence electrons. The number of carbonyl (C=O) groups excluding carboxylic acids is 1. The summed E-state index contributed by atoms with van der Waals surface area (Å²) in [5.41, 5.74) is 6.53. The van der Waals surface area contributed by atoms with Crippen molar-refractivity contribution < 1.29 is 9.72 Å². The summed E-state index contributed by atoms with van der Waals surface area (Å²) in [6.45, 7) is 1.39. The van der Waals surface area contributed by atoms with Crippen molar-refractivity contribution in [1.29, 1.82) is 0 Å². The van der Waals surface area contributed by atoms with Gasteiger partial charge in [0, 0.05) is 25.2 Å². The van der Waals surface area contributed by atoms with Crippen LogP contribution >= 0.6 is 12.4 Å². The van der Waals surface area contributed by atoms with E-state index in [0.29, 0.717) is 24.1 Å². The topological polar surface area (TPSA) is 94.4 Å². The Morgan fingerprint density at radius 2 is 2.09 bits per heavy atom. The van der Waals surface area contributed by atoms with Crippen molar-refractivity contribution >= 4 is 24.1 Å². The van der Waals surface area contributed by atoms with Gasteiger partial charge in [-0.05, 0) is 35.7 Å². The lowest BCUT2D eigenvalue weighted by molar-refractivity contribution is -0.391. The fourth-order valence-corrected chi connectivity index (χ4v) is 3.74. The van der Waals surface area contributed by atoms with E-state index in [9.17, 15) is 14.9 Å². The van der Waals surface area contributed by atoms with Crippen LogP contribution in [0.5, 0.6) is 0 Å². The SMILES string of the molecule is Cl.Cn1c(C(=O)N2CC3CCCC(N)C3C2)ccc1[N+](=O)[O-]. The Hall–Kier alpha value is -1.60. The van der Waals surface area contributed by atoms with Gasteiger partial charge in [-0.15, -0.1) is 12.4 Å². The summed E-state index contributed by atoms with van der Waals surface area (Å²) in [5.74, 6) is 0.657. The fraction of sp³-hybridized carbons (Fsp3) is 0.643. The molecule has 3 unspecified atom stereocenters. The predicted molar refractivity (Wildman–Crippen MR) is 84.0 cm³/mol. The molecule has 3 atom stereocenters. The van der Waals surface area contributed by atoms with Gasteiger partial charge >= 0.3 is 5.82 Å². The zero-order chi connectivity index (χ0) is 15.1. The molecule has 1 saturated heterocycles. The highest BCUT2D eigenvalue weighted by atomic mass is 35.5. The Morgan fingerprint density at radius 3 is 2.68 bits per heavy atom. The van der Waals surface area contributed by atoms with E-state index in [1.165, 1.54) is 16.7 Å². The molecule has 2 N–H and O–H groups in total. The van der Waals surface area contributed by atoms with Gasteiger partial charge in [-0.25, -0.2) is 4.57 Å². The number of aromatic nitrogens is 1. The molecule has 7 nitrogen and oxygen atoms in total. The first-order valence-corrected chi connectivity index (χ1v) is 7.34. The van der Waals surface area contributed by atoms with E-state index in [1.807, 2.05) is 0 Å². The standard InChI is InChI=1S/C14H20N4O3.ClH/c1-16-12(5-6-13(16)18(20)21)14(19)17-7-9-3-2-4-11(15)10(9)8-17;/h5-6,9-11H,2-4,7-8,15H2,1H3;1H. The van der Waals surface area contributed by atoms with E-state index < -0.39 is 4.92 Å². The lowest BCUT2D eigenvalue weighted by Crippen LogP contribution is -2.38. The average Bonchev–Trinajstić information content (AvgIpc) is 3.02. The van der Waals surface area contributed by atoms with E-state index >= 15 is 0 Å². The molecule has 1 aromatic rings. The minimum absolute atomic E-state index is 0. The van der Waals surface area contributed by atoms with Crippen molar-refractivity contribution in [3.05, 3.63) is 27.9 Å². The minimum Gasteiger partial charge on any atom is -0.358 e. The second-order valence-electron chi connectivity index (χ2n) is 6.12. The van der Waals surface area contributed by atoms with Gasteiger partial charge in [-0.3, -0.25) is 4.79 Å². The third-order valence-corrected chi connectivity index (χ3v) is 4.94. The summed E-state index contributed by atoms with van der Waals surface area (Å²) in [5, 5.41) is 10.9. The molecule has 0 radical (unpaired) electrons. The lowest BCUT2D eigenvalue weighted by Gasteiger charge is -2.29. The summed E-state index contributed by atoms with van der Waals surface area (Å²) in [4.78, 5) is 24.8. The van der Waals surface area contributed by atoms with Gasteiger partial charge in [0.25, 0.3) is 5.91 Å². The monoisotopic (exact) mass is 328 g/mol. The highest BCUT2D eigenvalue weighted by Gasteiger charge is 2.41. The molecular weight excluding hydrogens is 308 g/mol. The molecule has 2 aliphatic rings. The van der Waals surface area contributed by atoms with Crippen LogP contribution in [0.4, 0.5) is 5.82 Å². The third kappa shape index (κ3) is 2.70. The Morgan fingerprint density at radius 1 is 1.36 bits per heavy atom. The molecule has 3 rings (SSSR count). The van der Waals surface area contributed by atoms with Gasteiger partial charge in [0.1, 0.15) is 0 Å². The highest BCUT2D eigenvalue weighted by Crippen LogP contribution is 2.36. The van der Waals surface area contributed by atoms with Gasteiger partial charge in [0.05, 0.1) is 7.05 Å². The number of nitrogens with zero attached hydrogens (tertiary/aromatic N) is 3. The highest BCUT2D eigenvalue weighted by molar-refractivity contribution is 5.93. The third-order valence-electron chi connectivity index (χ3n) is 4.94. The number of nitrogens with two attached hydrogens (primary N) is 1. The second-order valence-corrected chi connectivity index (χ2v) is 6.12. The number of hydrogen-bond acceptors (Lipinski definition) is 4. The maximum absolute atomic E-state index is 12.6.